The van der Waals surface area contributed by atoms with Crippen molar-refractivity contribution in [2.24, 2.45) is 0 Å². The third kappa shape index (κ3) is 2.82. The lowest BCUT2D eigenvalue weighted by molar-refractivity contribution is -0.116. The van der Waals surface area contributed by atoms with Gasteiger partial charge in [-0.3, -0.25) is 4.79 Å². The van der Waals surface area contributed by atoms with Gasteiger partial charge in [0, 0.05) is 6.42 Å². The van der Waals surface area contributed by atoms with Crippen LogP contribution in [0.1, 0.15) is 18.9 Å². The summed E-state index contributed by atoms with van der Waals surface area (Å²) in [6.45, 7) is 1.64. The predicted octanol–water partition coefficient (Wildman–Crippen LogP) is 2.98. The number of benzene rings is 1. The van der Waals surface area contributed by atoms with Gasteiger partial charge in [-0.05, 0) is 11.6 Å². The summed E-state index contributed by atoms with van der Waals surface area (Å²) in [5, 5.41) is 0. The van der Waals surface area contributed by atoms with E-state index in [0.29, 0.717) is 5.56 Å². The molecule has 0 amide bonds. The molecule has 0 unspecified atom stereocenters. The maximum atomic E-state index is 13.0. The molecule has 0 aliphatic carbocycles. The van der Waals surface area contributed by atoms with Gasteiger partial charge in [-0.1, -0.05) is 37.3 Å². The van der Waals surface area contributed by atoms with E-state index in [1.165, 1.54) is 6.08 Å². The van der Waals surface area contributed by atoms with Crippen LogP contribution in [-0.4, -0.2) is 5.78 Å². The summed E-state index contributed by atoms with van der Waals surface area (Å²) in [6.07, 6.45) is 1.46. The summed E-state index contributed by atoms with van der Waals surface area (Å²) >= 11 is 0. The minimum atomic E-state index is -0.672. The van der Waals surface area contributed by atoms with Crippen LogP contribution in [0.25, 0.3) is 6.08 Å². The zero-order chi connectivity index (χ0) is 9.68. The average Bonchev–Trinajstić information content (AvgIpc) is 2.18. The van der Waals surface area contributed by atoms with Crippen molar-refractivity contribution in [3.05, 3.63) is 41.7 Å². The molecule has 13 heavy (non-hydrogen) atoms. The Balaban J connectivity index is 2.83. The molecule has 1 aromatic carbocycles. The molecule has 1 rings (SSSR count). The fraction of sp³-hybridized carbons (Fsp3) is 0.182. The number of allylic oxidation sites excluding steroid dienone is 1. The van der Waals surface area contributed by atoms with Crippen molar-refractivity contribution in [1.82, 2.24) is 0 Å². The van der Waals surface area contributed by atoms with Crippen molar-refractivity contribution in [3.8, 4) is 0 Å². The molecule has 1 aromatic rings. The van der Waals surface area contributed by atoms with Crippen LogP contribution in [0.3, 0.4) is 0 Å². The van der Waals surface area contributed by atoms with Crippen LogP contribution in [0.2, 0.25) is 0 Å². The number of hydrogen-bond acceptors (Lipinski definition) is 1. The first-order valence-corrected chi connectivity index (χ1v) is 4.19. The monoisotopic (exact) mass is 178 g/mol. The SMILES string of the molecule is CCC(=O)/C(F)=C/c1ccccc1. The number of ketones is 1. The number of carbonyl (C=O) groups excluding carboxylic acids is 1. The van der Waals surface area contributed by atoms with Gasteiger partial charge < -0.3 is 0 Å². The van der Waals surface area contributed by atoms with E-state index >= 15 is 0 Å². The molecule has 68 valence electrons. The zero-order valence-corrected chi connectivity index (χ0v) is 7.46. The summed E-state index contributed by atoms with van der Waals surface area (Å²) in [6, 6.07) is 8.95. The van der Waals surface area contributed by atoms with E-state index in [1.807, 2.05) is 6.07 Å². The van der Waals surface area contributed by atoms with Crippen molar-refractivity contribution in [2.45, 2.75) is 13.3 Å². The van der Waals surface area contributed by atoms with Gasteiger partial charge in [0.2, 0.25) is 0 Å². The maximum absolute atomic E-state index is 13.0. The molecular formula is C11H11FO. The Hall–Kier alpha value is -1.44. The van der Waals surface area contributed by atoms with Crippen LogP contribution in [0.15, 0.2) is 36.2 Å². The van der Waals surface area contributed by atoms with Gasteiger partial charge >= 0.3 is 0 Å². The molecule has 2 heteroatoms. The first-order valence-electron chi connectivity index (χ1n) is 4.19. The van der Waals surface area contributed by atoms with Crippen LogP contribution in [0.4, 0.5) is 4.39 Å². The highest BCUT2D eigenvalue weighted by Gasteiger charge is 2.04. The summed E-state index contributed by atoms with van der Waals surface area (Å²) < 4.78 is 13.0. The van der Waals surface area contributed by atoms with Gasteiger partial charge in [-0.2, -0.15) is 0 Å². The lowest BCUT2D eigenvalue weighted by Gasteiger charge is -1.93. The Morgan fingerprint density at radius 3 is 2.54 bits per heavy atom. The Morgan fingerprint density at radius 1 is 1.38 bits per heavy atom. The quantitative estimate of drug-likeness (QED) is 0.650. The molecule has 0 saturated carbocycles. The van der Waals surface area contributed by atoms with Crippen molar-refractivity contribution >= 4 is 11.9 Å². The number of Topliss-reactive ketones (excluding diaryl/α,β-unsaturated/α-hetero) is 1. The number of hydrogen-bond donors (Lipinski definition) is 0. The van der Waals surface area contributed by atoms with E-state index in [9.17, 15) is 9.18 Å². The van der Waals surface area contributed by atoms with Gasteiger partial charge in [-0.25, -0.2) is 4.39 Å². The Morgan fingerprint density at radius 2 is 2.00 bits per heavy atom. The molecule has 0 aromatic heterocycles. The first kappa shape index (κ1) is 9.65. The van der Waals surface area contributed by atoms with Crippen LogP contribution >= 0.6 is 0 Å². The largest absolute Gasteiger partial charge is 0.292 e. The summed E-state index contributed by atoms with van der Waals surface area (Å²) in [5.41, 5.74) is 0.710. The van der Waals surface area contributed by atoms with E-state index < -0.39 is 11.6 Å². The van der Waals surface area contributed by atoms with Gasteiger partial charge in [0.1, 0.15) is 0 Å². The van der Waals surface area contributed by atoms with Crippen molar-refractivity contribution in [2.75, 3.05) is 0 Å². The average molecular weight is 178 g/mol. The van der Waals surface area contributed by atoms with Crippen molar-refractivity contribution in [3.63, 3.8) is 0 Å². The highest BCUT2D eigenvalue weighted by molar-refractivity contribution is 5.97. The molecule has 0 bridgehead atoms. The first-order chi connectivity index (χ1) is 6.24. The molecule has 0 radical (unpaired) electrons. The summed E-state index contributed by atoms with van der Waals surface area (Å²) in [5.74, 6) is -1.13. The Labute approximate surface area is 76.9 Å². The molecule has 0 spiro atoms. The van der Waals surface area contributed by atoms with Crippen molar-refractivity contribution in [1.29, 1.82) is 0 Å². The molecule has 1 nitrogen and oxygen atoms in total. The van der Waals surface area contributed by atoms with Crippen LogP contribution in [0.5, 0.6) is 0 Å². The molecule has 0 fully saturated rings. The standard InChI is InChI=1S/C11H11FO/c1-2-11(13)10(12)8-9-6-4-3-5-7-9/h3-8H,2H2,1H3/b10-8-. The number of rotatable bonds is 3. The van der Waals surface area contributed by atoms with Crippen LogP contribution in [-0.2, 0) is 4.79 Å². The highest BCUT2D eigenvalue weighted by Crippen LogP contribution is 2.09. The normalized spacial score (nSPS) is 11.4. The predicted molar refractivity (Wildman–Crippen MR) is 50.8 cm³/mol. The van der Waals surface area contributed by atoms with Gasteiger partial charge in [0.05, 0.1) is 0 Å². The lowest BCUT2D eigenvalue weighted by Crippen LogP contribution is -1.94. The minimum absolute atomic E-state index is 0.204. The van der Waals surface area contributed by atoms with Gasteiger partial charge in [-0.15, -0.1) is 0 Å². The van der Waals surface area contributed by atoms with Gasteiger partial charge in [0.25, 0.3) is 0 Å². The van der Waals surface area contributed by atoms with E-state index in [4.69, 9.17) is 0 Å². The summed E-state index contributed by atoms with van der Waals surface area (Å²) in [7, 11) is 0. The molecule has 0 heterocycles. The molecule has 0 aliphatic rings. The second kappa shape index (κ2) is 4.55. The third-order valence-electron chi connectivity index (χ3n) is 1.68. The molecule has 0 atom stereocenters. The maximum Gasteiger partial charge on any atom is 0.190 e. The fourth-order valence-electron chi connectivity index (χ4n) is 0.945. The number of halogens is 1. The molecule has 0 saturated heterocycles. The van der Waals surface area contributed by atoms with E-state index in [1.54, 1.807) is 31.2 Å². The van der Waals surface area contributed by atoms with E-state index in [0.717, 1.165) is 0 Å². The summed E-state index contributed by atoms with van der Waals surface area (Å²) in [4.78, 5) is 10.9. The lowest BCUT2D eigenvalue weighted by atomic mass is 10.1. The van der Waals surface area contributed by atoms with Crippen molar-refractivity contribution < 1.29 is 9.18 Å². The number of carbonyl (C=O) groups is 1. The second-order valence-electron chi connectivity index (χ2n) is 2.68. The topological polar surface area (TPSA) is 17.1 Å². The van der Waals surface area contributed by atoms with Gasteiger partial charge in [0.15, 0.2) is 11.6 Å². The molecular weight excluding hydrogens is 167 g/mol. The zero-order valence-electron chi connectivity index (χ0n) is 7.46. The smallest absolute Gasteiger partial charge is 0.190 e. The molecule has 0 N–H and O–H groups in total. The van der Waals surface area contributed by atoms with Crippen LogP contribution < -0.4 is 0 Å². The second-order valence-corrected chi connectivity index (χ2v) is 2.68. The van der Waals surface area contributed by atoms with E-state index in [2.05, 4.69) is 0 Å². The van der Waals surface area contributed by atoms with E-state index in [-0.39, 0.29) is 6.42 Å². The third-order valence-corrected chi connectivity index (χ3v) is 1.68. The minimum Gasteiger partial charge on any atom is -0.292 e. The molecule has 0 aliphatic heterocycles. The highest BCUT2D eigenvalue weighted by atomic mass is 19.1. The Kier molecular flexibility index (Phi) is 3.38. The van der Waals surface area contributed by atoms with Crippen LogP contribution in [0, 0.1) is 0 Å². The fourth-order valence-corrected chi connectivity index (χ4v) is 0.945. The Bertz CT molecular complexity index is 314.